The van der Waals surface area contributed by atoms with E-state index >= 15 is 0 Å². The summed E-state index contributed by atoms with van der Waals surface area (Å²) in [7, 11) is 0. The molecule has 112 valence electrons. The molecule has 0 bridgehead atoms. The van der Waals surface area contributed by atoms with Gasteiger partial charge in [0.25, 0.3) is 0 Å². The minimum atomic E-state index is 0.976. The van der Waals surface area contributed by atoms with Gasteiger partial charge in [-0.3, -0.25) is 0 Å². The maximum absolute atomic E-state index is 3.51. The van der Waals surface area contributed by atoms with Crippen LogP contribution in [0.15, 0.2) is 28.7 Å². The topological polar surface area (TPSA) is 15.3 Å². The van der Waals surface area contributed by atoms with Crippen molar-refractivity contribution in [1.29, 1.82) is 0 Å². The first-order valence-electron chi connectivity index (χ1n) is 7.99. The molecule has 20 heavy (non-hydrogen) atoms. The van der Waals surface area contributed by atoms with Crippen molar-refractivity contribution >= 4 is 21.6 Å². The molecule has 3 heteroatoms. The van der Waals surface area contributed by atoms with Crippen LogP contribution in [0.25, 0.3) is 0 Å². The van der Waals surface area contributed by atoms with E-state index in [0.717, 1.165) is 23.5 Å². The van der Waals surface area contributed by atoms with Gasteiger partial charge in [0.15, 0.2) is 0 Å². The van der Waals surface area contributed by atoms with Gasteiger partial charge in [0.2, 0.25) is 0 Å². The Morgan fingerprint density at radius 3 is 2.75 bits per heavy atom. The zero-order valence-corrected chi connectivity index (χ0v) is 14.2. The lowest BCUT2D eigenvalue weighted by Gasteiger charge is -2.20. The van der Waals surface area contributed by atoms with Crippen LogP contribution in [0.4, 0.5) is 5.69 Å². The minimum absolute atomic E-state index is 0.976. The number of nitrogens with one attached hydrogen (secondary N) is 1. The van der Waals surface area contributed by atoms with Gasteiger partial charge in [-0.15, -0.1) is 0 Å². The Balaban J connectivity index is 1.67. The number of hydrogen-bond acceptors (Lipinski definition) is 2. The van der Waals surface area contributed by atoms with Crippen LogP contribution in [0.2, 0.25) is 0 Å². The van der Waals surface area contributed by atoms with E-state index in [1.54, 1.807) is 0 Å². The molecule has 1 aromatic rings. The van der Waals surface area contributed by atoms with Crippen LogP contribution in [-0.4, -0.2) is 31.1 Å². The number of benzene rings is 1. The summed E-state index contributed by atoms with van der Waals surface area (Å²) < 4.78 is 1.14. The lowest BCUT2D eigenvalue weighted by atomic mass is 9.96. The smallest absolute Gasteiger partial charge is 0.0341 e. The Morgan fingerprint density at radius 1 is 1.20 bits per heavy atom. The molecule has 1 unspecified atom stereocenters. The molecule has 1 aromatic carbocycles. The first-order valence-corrected chi connectivity index (χ1v) is 8.79. The molecule has 0 radical (unpaired) electrons. The highest BCUT2D eigenvalue weighted by molar-refractivity contribution is 9.10. The molecule has 2 rings (SSSR count). The maximum atomic E-state index is 3.51. The molecule has 1 N–H and O–H groups in total. The van der Waals surface area contributed by atoms with E-state index in [2.05, 4.69) is 57.3 Å². The molecule has 1 aliphatic rings. The van der Waals surface area contributed by atoms with Gasteiger partial charge in [-0.05, 0) is 62.5 Å². The van der Waals surface area contributed by atoms with E-state index in [9.17, 15) is 0 Å². The number of anilines is 1. The maximum Gasteiger partial charge on any atom is 0.0341 e. The average molecular weight is 339 g/mol. The molecule has 0 amide bonds. The Labute approximate surface area is 132 Å². The SMILES string of the molecule is CCCC1CCCN(CCNc2ccc(Br)cc2)CC1. The molecule has 1 saturated heterocycles. The van der Waals surface area contributed by atoms with Crippen molar-refractivity contribution in [1.82, 2.24) is 4.90 Å². The minimum Gasteiger partial charge on any atom is -0.384 e. The average Bonchev–Trinajstić information content (AvgIpc) is 2.67. The monoisotopic (exact) mass is 338 g/mol. The van der Waals surface area contributed by atoms with Crippen molar-refractivity contribution in [2.45, 2.75) is 39.0 Å². The van der Waals surface area contributed by atoms with Crippen LogP contribution in [0.5, 0.6) is 0 Å². The second-order valence-corrected chi connectivity index (χ2v) is 6.78. The summed E-state index contributed by atoms with van der Waals surface area (Å²) in [6, 6.07) is 8.43. The standard InChI is InChI=1S/C17H27BrN2/c1-2-4-15-5-3-12-20(13-10-15)14-11-19-17-8-6-16(18)7-9-17/h6-9,15,19H,2-5,10-14H2,1H3. The Bertz CT molecular complexity index is 377. The molecule has 1 aliphatic heterocycles. The Morgan fingerprint density at radius 2 is 2.00 bits per heavy atom. The van der Waals surface area contributed by atoms with Gasteiger partial charge >= 0.3 is 0 Å². The second-order valence-electron chi connectivity index (χ2n) is 5.86. The van der Waals surface area contributed by atoms with Gasteiger partial charge < -0.3 is 10.2 Å². The molecule has 2 nitrogen and oxygen atoms in total. The third kappa shape index (κ3) is 5.45. The van der Waals surface area contributed by atoms with Crippen molar-refractivity contribution in [3.05, 3.63) is 28.7 Å². The molecule has 0 saturated carbocycles. The predicted molar refractivity (Wildman–Crippen MR) is 91.3 cm³/mol. The van der Waals surface area contributed by atoms with Gasteiger partial charge in [0.1, 0.15) is 0 Å². The second kappa shape index (κ2) is 8.68. The molecule has 1 heterocycles. The summed E-state index contributed by atoms with van der Waals surface area (Å²) >= 11 is 3.47. The van der Waals surface area contributed by atoms with Crippen molar-refractivity contribution in [3.8, 4) is 0 Å². The van der Waals surface area contributed by atoms with Gasteiger partial charge in [-0.1, -0.05) is 35.7 Å². The number of halogens is 1. The lowest BCUT2D eigenvalue weighted by Crippen LogP contribution is -2.30. The molecular weight excluding hydrogens is 312 g/mol. The predicted octanol–water partition coefficient (Wildman–Crippen LogP) is 4.76. The van der Waals surface area contributed by atoms with Gasteiger partial charge in [0, 0.05) is 23.2 Å². The van der Waals surface area contributed by atoms with E-state index < -0.39 is 0 Å². The van der Waals surface area contributed by atoms with Crippen molar-refractivity contribution in [2.24, 2.45) is 5.92 Å². The molecular formula is C17H27BrN2. The third-order valence-corrected chi connectivity index (χ3v) is 4.77. The van der Waals surface area contributed by atoms with E-state index in [0.29, 0.717) is 0 Å². The summed E-state index contributed by atoms with van der Waals surface area (Å²) in [6.45, 7) is 7.08. The fraction of sp³-hybridized carbons (Fsp3) is 0.647. The molecule has 1 atom stereocenters. The highest BCUT2D eigenvalue weighted by Crippen LogP contribution is 2.21. The quantitative estimate of drug-likeness (QED) is 0.804. The molecule has 1 fully saturated rings. The van der Waals surface area contributed by atoms with E-state index in [4.69, 9.17) is 0 Å². The number of hydrogen-bond donors (Lipinski definition) is 1. The fourth-order valence-corrected chi connectivity index (χ4v) is 3.34. The van der Waals surface area contributed by atoms with E-state index in [1.807, 2.05) is 0 Å². The normalized spacial score (nSPS) is 20.6. The van der Waals surface area contributed by atoms with E-state index in [-0.39, 0.29) is 0 Å². The first-order chi connectivity index (χ1) is 9.78. The van der Waals surface area contributed by atoms with Gasteiger partial charge in [0.05, 0.1) is 0 Å². The number of likely N-dealkylation sites (tertiary alicyclic amines) is 1. The number of rotatable bonds is 6. The lowest BCUT2D eigenvalue weighted by molar-refractivity contribution is 0.289. The van der Waals surface area contributed by atoms with Crippen LogP contribution in [0.1, 0.15) is 39.0 Å². The van der Waals surface area contributed by atoms with Crippen LogP contribution in [-0.2, 0) is 0 Å². The highest BCUT2D eigenvalue weighted by Gasteiger charge is 2.15. The fourth-order valence-electron chi connectivity index (χ4n) is 3.07. The largest absolute Gasteiger partial charge is 0.384 e. The van der Waals surface area contributed by atoms with Crippen molar-refractivity contribution < 1.29 is 0 Å². The summed E-state index contributed by atoms with van der Waals surface area (Å²) in [4.78, 5) is 2.63. The zero-order chi connectivity index (χ0) is 14.2. The van der Waals surface area contributed by atoms with Crippen LogP contribution in [0.3, 0.4) is 0 Å². The van der Waals surface area contributed by atoms with Gasteiger partial charge in [-0.2, -0.15) is 0 Å². The number of nitrogens with zero attached hydrogens (tertiary/aromatic N) is 1. The zero-order valence-electron chi connectivity index (χ0n) is 12.6. The van der Waals surface area contributed by atoms with Crippen molar-refractivity contribution in [2.75, 3.05) is 31.5 Å². The summed E-state index contributed by atoms with van der Waals surface area (Å²) in [5.41, 5.74) is 1.21. The van der Waals surface area contributed by atoms with Crippen LogP contribution in [0, 0.1) is 5.92 Å². The summed E-state index contributed by atoms with van der Waals surface area (Å²) in [5.74, 6) is 0.976. The van der Waals surface area contributed by atoms with Crippen molar-refractivity contribution in [3.63, 3.8) is 0 Å². The Kier molecular flexibility index (Phi) is 6.88. The first kappa shape index (κ1) is 15.8. The molecule has 0 spiro atoms. The molecule has 0 aromatic heterocycles. The van der Waals surface area contributed by atoms with Crippen LogP contribution < -0.4 is 5.32 Å². The Hall–Kier alpha value is -0.540. The summed E-state index contributed by atoms with van der Waals surface area (Å²) in [5, 5.41) is 3.51. The molecule has 0 aliphatic carbocycles. The van der Waals surface area contributed by atoms with Crippen LogP contribution >= 0.6 is 15.9 Å². The van der Waals surface area contributed by atoms with E-state index in [1.165, 1.54) is 50.9 Å². The highest BCUT2D eigenvalue weighted by atomic mass is 79.9. The summed E-state index contributed by atoms with van der Waals surface area (Å²) in [6.07, 6.45) is 6.97. The van der Waals surface area contributed by atoms with Gasteiger partial charge in [-0.25, -0.2) is 0 Å². The third-order valence-electron chi connectivity index (χ3n) is 4.24.